The van der Waals surface area contributed by atoms with Crippen LogP contribution in [-0.2, 0) is 9.59 Å². The van der Waals surface area contributed by atoms with Gasteiger partial charge in [0.2, 0.25) is 0 Å². The third-order valence-electron chi connectivity index (χ3n) is 2.02. The van der Waals surface area contributed by atoms with Gasteiger partial charge in [-0.3, -0.25) is 9.59 Å². The molecule has 0 atom stereocenters. The zero-order chi connectivity index (χ0) is 11.9. The van der Waals surface area contributed by atoms with Crippen LogP contribution < -0.4 is 4.90 Å². The summed E-state index contributed by atoms with van der Waals surface area (Å²) >= 11 is 0. The second-order valence-corrected chi connectivity index (χ2v) is 3.07. The van der Waals surface area contributed by atoms with Crippen molar-refractivity contribution in [2.45, 2.75) is 0 Å². The molecule has 0 radical (unpaired) electrons. The van der Waals surface area contributed by atoms with Gasteiger partial charge in [0.1, 0.15) is 5.82 Å². The number of rotatable bonds is 1. The molecule has 0 aromatic heterocycles. The molecule has 0 aliphatic carbocycles. The van der Waals surface area contributed by atoms with E-state index in [4.69, 9.17) is 0 Å². The lowest BCUT2D eigenvalue weighted by Crippen LogP contribution is -2.30. The molecule has 16 heavy (non-hydrogen) atoms. The Kier molecular flexibility index (Phi) is 2.26. The number of halogens is 3. The van der Waals surface area contributed by atoms with Gasteiger partial charge in [-0.2, -0.15) is 0 Å². The number of imide groups is 1. The largest absolute Gasteiger partial charge is 0.269 e. The fraction of sp³-hybridized carbons (Fsp3) is 0. The number of anilines is 1. The number of carbonyl (C=O) groups excluding carboxylic acids is 2. The van der Waals surface area contributed by atoms with Gasteiger partial charge in [-0.05, 0) is 0 Å². The molecule has 0 saturated heterocycles. The minimum absolute atomic E-state index is 0.331. The molecule has 3 nitrogen and oxygen atoms in total. The Morgan fingerprint density at radius 1 is 0.938 bits per heavy atom. The molecule has 2 amide bonds. The minimum Gasteiger partial charge on any atom is -0.269 e. The lowest BCUT2D eigenvalue weighted by atomic mass is 10.2. The number of hydrogen-bond acceptors (Lipinski definition) is 2. The maximum Gasteiger partial charge on any atom is 0.258 e. The van der Waals surface area contributed by atoms with E-state index < -0.39 is 35.0 Å². The summed E-state index contributed by atoms with van der Waals surface area (Å²) in [6.07, 6.45) is 1.79. The maximum atomic E-state index is 13.3. The number of hydrogen-bond donors (Lipinski definition) is 0. The van der Waals surface area contributed by atoms with Crippen molar-refractivity contribution in [1.82, 2.24) is 0 Å². The van der Waals surface area contributed by atoms with Gasteiger partial charge in [0.05, 0.1) is 5.69 Å². The smallest absolute Gasteiger partial charge is 0.258 e. The molecule has 0 unspecified atom stereocenters. The summed E-state index contributed by atoms with van der Waals surface area (Å²) < 4.78 is 39.0. The van der Waals surface area contributed by atoms with Gasteiger partial charge < -0.3 is 0 Å². The Morgan fingerprint density at radius 3 is 2.06 bits per heavy atom. The summed E-state index contributed by atoms with van der Waals surface area (Å²) in [5.41, 5.74) is -0.725. The number of benzene rings is 1. The number of amides is 2. The van der Waals surface area contributed by atoms with Crippen LogP contribution >= 0.6 is 0 Å². The molecule has 0 bridgehead atoms. The summed E-state index contributed by atoms with van der Waals surface area (Å²) in [4.78, 5) is 22.7. The van der Waals surface area contributed by atoms with Crippen molar-refractivity contribution in [1.29, 1.82) is 0 Å². The minimum atomic E-state index is -1.46. The number of nitrogens with zero attached hydrogens (tertiary/aromatic N) is 1. The SMILES string of the molecule is O=C1C=CC(=O)N1c1cc(F)cc(F)c1F. The lowest BCUT2D eigenvalue weighted by Gasteiger charge is -2.14. The van der Waals surface area contributed by atoms with Crippen molar-refractivity contribution in [2.24, 2.45) is 0 Å². The lowest BCUT2D eigenvalue weighted by molar-refractivity contribution is -0.120. The third kappa shape index (κ3) is 1.48. The van der Waals surface area contributed by atoms with Crippen molar-refractivity contribution in [3.05, 3.63) is 41.7 Å². The normalized spacial score (nSPS) is 15.1. The quantitative estimate of drug-likeness (QED) is 0.539. The van der Waals surface area contributed by atoms with Crippen LogP contribution in [0.2, 0.25) is 0 Å². The van der Waals surface area contributed by atoms with E-state index in [0.717, 1.165) is 12.2 Å². The van der Waals surface area contributed by atoms with Gasteiger partial charge >= 0.3 is 0 Å². The van der Waals surface area contributed by atoms with Gasteiger partial charge in [0.15, 0.2) is 11.6 Å². The zero-order valence-corrected chi connectivity index (χ0v) is 7.71. The van der Waals surface area contributed by atoms with Gasteiger partial charge in [-0.25, -0.2) is 18.1 Å². The van der Waals surface area contributed by atoms with Gasteiger partial charge in [-0.15, -0.1) is 0 Å². The topological polar surface area (TPSA) is 37.4 Å². The second-order valence-electron chi connectivity index (χ2n) is 3.07. The van der Waals surface area contributed by atoms with E-state index in [-0.39, 0.29) is 0 Å². The van der Waals surface area contributed by atoms with E-state index in [1.54, 1.807) is 0 Å². The molecule has 0 spiro atoms. The third-order valence-corrected chi connectivity index (χ3v) is 2.02. The van der Waals surface area contributed by atoms with Gasteiger partial charge in [0, 0.05) is 24.3 Å². The van der Waals surface area contributed by atoms with Crippen LogP contribution in [0.25, 0.3) is 0 Å². The van der Waals surface area contributed by atoms with Crippen LogP contribution in [0.3, 0.4) is 0 Å². The molecule has 1 aliphatic rings. The monoisotopic (exact) mass is 227 g/mol. The molecule has 0 fully saturated rings. The molecule has 1 aromatic carbocycles. The summed E-state index contributed by atoms with van der Waals surface area (Å²) in [6, 6.07) is 0.915. The van der Waals surface area contributed by atoms with Crippen LogP contribution in [0.4, 0.5) is 18.9 Å². The van der Waals surface area contributed by atoms with Crippen molar-refractivity contribution in [3.8, 4) is 0 Å². The molecule has 6 heteroatoms. The highest BCUT2D eigenvalue weighted by atomic mass is 19.2. The predicted octanol–water partition coefficient (Wildman–Crippen LogP) is 1.53. The van der Waals surface area contributed by atoms with Crippen molar-refractivity contribution < 1.29 is 22.8 Å². The van der Waals surface area contributed by atoms with E-state index in [1.165, 1.54) is 0 Å². The molecule has 1 heterocycles. The zero-order valence-electron chi connectivity index (χ0n) is 7.71. The molecule has 0 saturated carbocycles. The van der Waals surface area contributed by atoms with Crippen molar-refractivity contribution in [3.63, 3.8) is 0 Å². The summed E-state index contributed by atoms with van der Waals surface area (Å²) in [5.74, 6) is -5.64. The van der Waals surface area contributed by atoms with E-state index in [9.17, 15) is 22.8 Å². The van der Waals surface area contributed by atoms with Crippen molar-refractivity contribution in [2.75, 3.05) is 4.90 Å². The van der Waals surface area contributed by atoms with E-state index in [2.05, 4.69) is 0 Å². The fourth-order valence-corrected chi connectivity index (χ4v) is 1.34. The number of carbonyl (C=O) groups is 2. The first kappa shape index (κ1) is 10.4. The van der Waals surface area contributed by atoms with Crippen LogP contribution in [-0.4, -0.2) is 11.8 Å². The Hall–Kier alpha value is -2.11. The second kappa shape index (κ2) is 3.48. The summed E-state index contributed by atoms with van der Waals surface area (Å²) in [5, 5.41) is 0. The highest BCUT2D eigenvalue weighted by molar-refractivity contribution is 6.28. The Bertz CT molecular complexity index is 507. The summed E-state index contributed by atoms with van der Waals surface area (Å²) in [7, 11) is 0. The summed E-state index contributed by atoms with van der Waals surface area (Å²) in [6.45, 7) is 0. The molecule has 1 aliphatic heterocycles. The molecule has 2 rings (SSSR count). The first-order valence-corrected chi connectivity index (χ1v) is 4.21. The Labute approximate surface area is 87.8 Å². The van der Waals surface area contributed by atoms with Crippen LogP contribution in [0.1, 0.15) is 0 Å². The van der Waals surface area contributed by atoms with Crippen LogP contribution in [0.15, 0.2) is 24.3 Å². The molecular weight excluding hydrogens is 223 g/mol. The van der Waals surface area contributed by atoms with E-state index in [1.807, 2.05) is 0 Å². The fourth-order valence-electron chi connectivity index (χ4n) is 1.34. The van der Waals surface area contributed by atoms with E-state index in [0.29, 0.717) is 17.0 Å². The van der Waals surface area contributed by atoms with Gasteiger partial charge in [-0.1, -0.05) is 0 Å². The molecule has 0 N–H and O–H groups in total. The first-order valence-electron chi connectivity index (χ1n) is 4.21. The predicted molar refractivity (Wildman–Crippen MR) is 47.9 cm³/mol. The highest BCUT2D eigenvalue weighted by Gasteiger charge is 2.29. The maximum absolute atomic E-state index is 13.3. The standard InChI is InChI=1S/C10H4F3NO2/c11-5-3-6(12)10(13)7(4-5)14-8(15)1-2-9(14)16/h1-4H. The van der Waals surface area contributed by atoms with E-state index >= 15 is 0 Å². The van der Waals surface area contributed by atoms with Crippen LogP contribution in [0.5, 0.6) is 0 Å². The van der Waals surface area contributed by atoms with Crippen molar-refractivity contribution >= 4 is 17.5 Å². The average Bonchev–Trinajstić information content (AvgIpc) is 2.53. The average molecular weight is 227 g/mol. The first-order chi connectivity index (χ1) is 7.50. The van der Waals surface area contributed by atoms with Crippen LogP contribution in [0, 0.1) is 17.5 Å². The highest BCUT2D eigenvalue weighted by Crippen LogP contribution is 2.25. The Morgan fingerprint density at radius 2 is 1.50 bits per heavy atom. The molecule has 82 valence electrons. The molecule has 1 aromatic rings. The Balaban J connectivity index is 2.56. The molecular formula is C10H4F3NO2. The van der Waals surface area contributed by atoms with Gasteiger partial charge in [0.25, 0.3) is 11.8 Å².